The molecule has 0 saturated carbocycles. The minimum absolute atomic E-state index is 0.195. The molecule has 332 valence electrons. The fourth-order valence-electron chi connectivity index (χ4n) is 8.85. The highest BCUT2D eigenvalue weighted by molar-refractivity contribution is 5.97. The Bertz CT molecular complexity index is 3220. The summed E-state index contributed by atoms with van der Waals surface area (Å²) in [5.74, 6) is -1.01. The van der Waals surface area contributed by atoms with Crippen molar-refractivity contribution < 1.29 is 12.0 Å². The molecule has 65 heavy (non-hydrogen) atoms. The van der Waals surface area contributed by atoms with Crippen LogP contribution in [-0.4, -0.2) is 19.6 Å². The molecule has 0 radical (unpaired) electrons. The summed E-state index contributed by atoms with van der Waals surface area (Å²) in [6.07, 6.45) is 1.80. The average molecular weight is 863 g/mol. The number of rotatable bonds is 8. The van der Waals surface area contributed by atoms with Crippen molar-refractivity contribution in [1.82, 2.24) is 14.5 Å². The summed E-state index contributed by atoms with van der Waals surface area (Å²) < 4.78 is 44.0. The van der Waals surface area contributed by atoms with Crippen molar-refractivity contribution in [3.05, 3.63) is 167 Å². The van der Waals surface area contributed by atoms with Crippen LogP contribution in [0.4, 0.5) is 0 Å². The van der Waals surface area contributed by atoms with Gasteiger partial charge in [-0.15, -0.1) is 0 Å². The third-order valence-electron chi connectivity index (χ3n) is 12.6. The highest BCUT2D eigenvalue weighted by Gasteiger charge is 2.29. The van der Waals surface area contributed by atoms with Gasteiger partial charge in [-0.3, -0.25) is 9.55 Å². The molecule has 0 saturated heterocycles. The lowest BCUT2D eigenvalue weighted by molar-refractivity contribution is 0.446. The smallest absolute Gasteiger partial charge is 0.149 e. The molecule has 0 amide bonds. The Kier molecular flexibility index (Phi) is 10.2. The van der Waals surface area contributed by atoms with Crippen LogP contribution in [0.1, 0.15) is 142 Å². The maximum absolute atomic E-state index is 12.5. The van der Waals surface area contributed by atoms with Crippen molar-refractivity contribution in [1.29, 1.82) is 0 Å². The van der Waals surface area contributed by atoms with E-state index in [1.807, 2.05) is 64.1 Å². The molecule has 0 unspecified atom stereocenters. The first kappa shape index (κ1) is 39.1. The number of pyridine rings is 1. The first-order chi connectivity index (χ1) is 32.4. The molecule has 0 aliphatic heterocycles. The lowest BCUT2D eigenvalue weighted by Gasteiger charge is -2.27. The van der Waals surface area contributed by atoms with Gasteiger partial charge in [-0.1, -0.05) is 174 Å². The molecule has 0 fully saturated rings. The number of imidazole rings is 1. The van der Waals surface area contributed by atoms with Crippen LogP contribution in [-0.2, 0) is 16.2 Å². The second-order valence-corrected chi connectivity index (χ2v) is 21.2. The minimum Gasteiger partial charge on any atom is -0.507 e. The largest absolute Gasteiger partial charge is 0.507 e. The molecule has 0 spiro atoms. The number of aryl methyl sites for hydroxylation is 1. The molecule has 6 aromatic carbocycles. The zero-order valence-electron chi connectivity index (χ0n) is 45.5. The van der Waals surface area contributed by atoms with E-state index in [1.54, 1.807) is 18.3 Å². The van der Waals surface area contributed by atoms with Crippen LogP contribution in [0.5, 0.6) is 5.75 Å². The van der Waals surface area contributed by atoms with Crippen molar-refractivity contribution in [2.75, 3.05) is 0 Å². The van der Waals surface area contributed by atoms with Crippen molar-refractivity contribution in [2.24, 2.45) is 0 Å². The molecule has 2 aromatic heterocycles. The van der Waals surface area contributed by atoms with E-state index in [1.165, 1.54) is 0 Å². The summed E-state index contributed by atoms with van der Waals surface area (Å²) in [5.41, 5.74) is 14.6. The molecule has 8 rings (SSSR count). The number of benzene rings is 6. The van der Waals surface area contributed by atoms with Gasteiger partial charge in [-0.25, -0.2) is 4.98 Å². The molecule has 1 N–H and O–H groups in total. The number of para-hydroxylation sites is 1. The molecule has 0 aliphatic carbocycles. The van der Waals surface area contributed by atoms with Crippen molar-refractivity contribution in [3.63, 3.8) is 0 Å². The normalized spacial score (nSPS) is 14.1. The maximum atomic E-state index is 12.5. The number of phenolic OH excluding ortho intramolecular Hbond substituents is 1. The Morgan fingerprint density at radius 1 is 0.569 bits per heavy atom. The standard InChI is InChI=1S/C61H67N3O/c1-37(2)48-17-15-18-49(38(3)4)55(48)41-25-27-47(28-26-41)64-54-20-16-19-50(56(54)63-58(64)51-35-46(60(9,10)11)36-52(57(51)65)61(12,13)14)43-31-44(33-45(32-43)59(6,7)8)53-34-42(29-30-62-53)40-23-21-39(5)22-24-40/h15-38,65H,1-14H3/i5D3,37D,38D. The molecular formula is C61H67N3O. The number of hydrogen-bond acceptors (Lipinski definition) is 3. The predicted molar refractivity (Wildman–Crippen MR) is 277 cm³/mol. The monoisotopic (exact) mass is 863 g/mol. The quantitative estimate of drug-likeness (QED) is 0.166. The third kappa shape index (κ3) is 8.93. The van der Waals surface area contributed by atoms with E-state index in [0.29, 0.717) is 17.0 Å². The lowest BCUT2D eigenvalue weighted by atomic mass is 9.79. The van der Waals surface area contributed by atoms with Gasteiger partial charge in [-0.2, -0.15) is 0 Å². The van der Waals surface area contributed by atoms with Crippen LogP contribution in [0.2, 0.25) is 0 Å². The topological polar surface area (TPSA) is 50.9 Å². The van der Waals surface area contributed by atoms with Gasteiger partial charge in [0.15, 0.2) is 0 Å². The fraction of sp³-hybridized carbons (Fsp3) is 0.311. The summed E-state index contributed by atoms with van der Waals surface area (Å²) in [4.78, 5) is 10.5. The summed E-state index contributed by atoms with van der Waals surface area (Å²) in [7, 11) is 0. The fourth-order valence-corrected chi connectivity index (χ4v) is 8.85. The van der Waals surface area contributed by atoms with Gasteiger partial charge in [0.2, 0.25) is 0 Å². The van der Waals surface area contributed by atoms with Crippen LogP contribution < -0.4 is 0 Å². The number of nitrogens with zero attached hydrogens (tertiary/aromatic N) is 3. The van der Waals surface area contributed by atoms with Gasteiger partial charge in [0, 0.05) is 35.4 Å². The molecule has 4 heteroatoms. The molecule has 8 aromatic rings. The summed E-state index contributed by atoms with van der Waals surface area (Å²) in [6.45, 7) is 25.0. The van der Waals surface area contributed by atoms with E-state index >= 15 is 0 Å². The number of aromatic nitrogens is 3. The van der Waals surface area contributed by atoms with E-state index < -0.39 is 18.6 Å². The Balaban J connectivity index is 1.38. The first-order valence-corrected chi connectivity index (χ1v) is 22.8. The number of phenols is 1. The summed E-state index contributed by atoms with van der Waals surface area (Å²) >= 11 is 0. The minimum atomic E-state index is -2.18. The number of hydrogen-bond donors (Lipinski definition) is 1. The van der Waals surface area contributed by atoms with Gasteiger partial charge < -0.3 is 5.11 Å². The highest BCUT2D eigenvalue weighted by Crippen LogP contribution is 2.45. The second kappa shape index (κ2) is 16.9. The van der Waals surface area contributed by atoms with Gasteiger partial charge in [0.25, 0.3) is 0 Å². The van der Waals surface area contributed by atoms with Crippen molar-refractivity contribution in [3.8, 4) is 67.5 Å². The highest BCUT2D eigenvalue weighted by atomic mass is 16.3. The molecule has 0 aliphatic rings. The van der Waals surface area contributed by atoms with Crippen LogP contribution in [0.3, 0.4) is 0 Å². The zero-order chi connectivity index (χ0) is 51.1. The molecule has 0 atom stereocenters. The van der Waals surface area contributed by atoms with Crippen molar-refractivity contribution in [2.45, 2.75) is 125 Å². The maximum Gasteiger partial charge on any atom is 0.149 e. The SMILES string of the molecule is [2H]C([2H])([2H])c1ccc(-c2ccnc(-c3cc(-c4cccc5c4nc(-c4cc(C(C)(C)C)cc(C(C)(C)C)c4O)n5-c4ccc(-c5c(C([2H])(C)C)cccc5C([2H])(C)C)cc4)cc(C(C)(C)C)c3)c2)cc1. The van der Waals surface area contributed by atoms with E-state index in [0.717, 1.165) is 89.2 Å². The van der Waals surface area contributed by atoms with Gasteiger partial charge in [0.1, 0.15) is 11.6 Å². The van der Waals surface area contributed by atoms with E-state index in [9.17, 15) is 5.11 Å². The van der Waals surface area contributed by atoms with E-state index in [2.05, 4.69) is 146 Å². The van der Waals surface area contributed by atoms with Crippen LogP contribution in [0.15, 0.2) is 134 Å². The number of aromatic hydroxyl groups is 1. The van der Waals surface area contributed by atoms with Crippen LogP contribution in [0, 0.1) is 6.85 Å². The average Bonchev–Trinajstić information content (AvgIpc) is 3.66. The van der Waals surface area contributed by atoms with Gasteiger partial charge >= 0.3 is 0 Å². The summed E-state index contributed by atoms with van der Waals surface area (Å²) in [6, 6.07) is 42.5. The molecule has 4 nitrogen and oxygen atoms in total. The van der Waals surface area contributed by atoms with E-state index in [-0.39, 0.29) is 22.0 Å². The van der Waals surface area contributed by atoms with Crippen LogP contribution >= 0.6 is 0 Å². The second-order valence-electron chi connectivity index (χ2n) is 21.2. The summed E-state index contributed by atoms with van der Waals surface area (Å²) in [5, 5.41) is 12.5. The van der Waals surface area contributed by atoms with Gasteiger partial charge in [0.05, 0.1) is 22.3 Å². The molecule has 2 heterocycles. The van der Waals surface area contributed by atoms with Crippen LogP contribution in [0.25, 0.3) is 72.7 Å². The Hall–Kier alpha value is -6.26. The third-order valence-corrected chi connectivity index (χ3v) is 12.6. The Labute approximate surface area is 395 Å². The van der Waals surface area contributed by atoms with Crippen molar-refractivity contribution >= 4 is 11.0 Å². The Morgan fingerprint density at radius 2 is 1.17 bits per heavy atom. The number of fused-ring (bicyclic) bond motifs is 1. The molecular weight excluding hydrogens is 791 g/mol. The predicted octanol–water partition coefficient (Wildman–Crippen LogP) is 16.9. The lowest BCUT2D eigenvalue weighted by Crippen LogP contribution is -2.17. The zero-order valence-corrected chi connectivity index (χ0v) is 40.5. The van der Waals surface area contributed by atoms with E-state index in [4.69, 9.17) is 16.8 Å². The first-order valence-electron chi connectivity index (χ1n) is 25.3. The van der Waals surface area contributed by atoms with Gasteiger partial charge in [-0.05, 0) is 133 Å². The molecule has 0 bridgehead atoms. The Morgan fingerprint density at radius 3 is 1.77 bits per heavy atom.